The summed E-state index contributed by atoms with van der Waals surface area (Å²) in [6.45, 7) is 0. The van der Waals surface area contributed by atoms with Gasteiger partial charge in [0.1, 0.15) is 17.6 Å². The summed E-state index contributed by atoms with van der Waals surface area (Å²) in [5.41, 5.74) is 0.997. The monoisotopic (exact) mass is 193 g/mol. The number of aromatic nitrogens is 3. The lowest BCUT2D eigenvalue weighted by Crippen LogP contribution is -1.99. The summed E-state index contributed by atoms with van der Waals surface area (Å²) >= 11 is 0. The van der Waals surface area contributed by atoms with Crippen LogP contribution in [0.4, 0.5) is 4.39 Å². The predicted octanol–water partition coefficient (Wildman–Crippen LogP) is 1.03. The number of H-pyrrole nitrogens is 1. The maximum atomic E-state index is 12.6. The van der Waals surface area contributed by atoms with Gasteiger partial charge in [-0.15, -0.1) is 0 Å². The third kappa shape index (κ3) is 1.62. The molecule has 2 rings (SSSR count). The lowest BCUT2D eigenvalue weighted by Gasteiger charge is -2.06. The first-order valence-electron chi connectivity index (χ1n) is 4.06. The second-order valence-corrected chi connectivity index (χ2v) is 2.85. The average molecular weight is 193 g/mol. The molecule has 0 aliphatic heterocycles. The molecule has 1 atom stereocenters. The smallest absolute Gasteiger partial charge is 0.124 e. The summed E-state index contributed by atoms with van der Waals surface area (Å²) < 4.78 is 12.6. The second-order valence-electron chi connectivity index (χ2n) is 2.85. The first kappa shape index (κ1) is 8.83. The van der Waals surface area contributed by atoms with Crippen molar-refractivity contribution in [3.05, 3.63) is 47.5 Å². The lowest BCUT2D eigenvalue weighted by molar-refractivity contribution is 0.215. The maximum absolute atomic E-state index is 12.6. The van der Waals surface area contributed by atoms with E-state index in [0.29, 0.717) is 11.3 Å². The van der Waals surface area contributed by atoms with Crippen LogP contribution >= 0.6 is 0 Å². The van der Waals surface area contributed by atoms with Gasteiger partial charge in [-0.05, 0) is 17.7 Å². The number of rotatable bonds is 2. The Morgan fingerprint density at radius 3 is 2.57 bits per heavy atom. The standard InChI is InChI=1S/C9H8FN3O/c10-7-3-1-6(2-4-7)9(14)8-5-11-13-12-8/h1-5,9,14H,(H,11,12,13). The Bertz CT molecular complexity index is 399. The van der Waals surface area contributed by atoms with Crippen LogP contribution in [0.2, 0.25) is 0 Å². The highest BCUT2D eigenvalue weighted by Crippen LogP contribution is 2.18. The van der Waals surface area contributed by atoms with Gasteiger partial charge in [0, 0.05) is 0 Å². The Balaban J connectivity index is 2.28. The van der Waals surface area contributed by atoms with Gasteiger partial charge in [-0.3, -0.25) is 0 Å². The van der Waals surface area contributed by atoms with Crippen LogP contribution in [0, 0.1) is 5.82 Å². The second kappa shape index (κ2) is 3.55. The van der Waals surface area contributed by atoms with E-state index in [4.69, 9.17) is 0 Å². The molecule has 0 saturated carbocycles. The Morgan fingerprint density at radius 2 is 2.00 bits per heavy atom. The van der Waals surface area contributed by atoms with Crippen LogP contribution in [-0.2, 0) is 0 Å². The summed E-state index contributed by atoms with van der Waals surface area (Å²) in [4.78, 5) is 0. The molecule has 1 aromatic heterocycles. The zero-order chi connectivity index (χ0) is 9.97. The van der Waals surface area contributed by atoms with Crippen LogP contribution < -0.4 is 0 Å². The van der Waals surface area contributed by atoms with E-state index < -0.39 is 6.10 Å². The normalized spacial score (nSPS) is 12.7. The quantitative estimate of drug-likeness (QED) is 0.748. The Kier molecular flexibility index (Phi) is 2.24. The molecule has 5 heteroatoms. The molecule has 1 aromatic carbocycles. The highest BCUT2D eigenvalue weighted by molar-refractivity contribution is 5.24. The summed E-state index contributed by atoms with van der Waals surface area (Å²) in [6.07, 6.45) is 0.558. The van der Waals surface area contributed by atoms with Gasteiger partial charge in [0.05, 0.1) is 6.20 Å². The summed E-state index contributed by atoms with van der Waals surface area (Å²) in [6, 6.07) is 5.60. The molecule has 0 saturated heterocycles. The summed E-state index contributed by atoms with van der Waals surface area (Å²) in [5, 5.41) is 19.4. The number of hydrogen-bond donors (Lipinski definition) is 2. The van der Waals surface area contributed by atoms with Gasteiger partial charge in [-0.25, -0.2) is 4.39 Å². The molecule has 72 valence electrons. The number of nitrogens with zero attached hydrogens (tertiary/aromatic N) is 2. The van der Waals surface area contributed by atoms with Crippen LogP contribution in [0.15, 0.2) is 30.5 Å². The van der Waals surface area contributed by atoms with E-state index in [2.05, 4.69) is 15.4 Å². The van der Waals surface area contributed by atoms with Crippen molar-refractivity contribution < 1.29 is 9.50 Å². The van der Waals surface area contributed by atoms with Crippen molar-refractivity contribution in [2.75, 3.05) is 0 Å². The fourth-order valence-corrected chi connectivity index (χ4v) is 1.16. The van der Waals surface area contributed by atoms with Crippen molar-refractivity contribution >= 4 is 0 Å². The van der Waals surface area contributed by atoms with Crippen molar-refractivity contribution in [2.45, 2.75) is 6.10 Å². The molecule has 0 bridgehead atoms. The van der Waals surface area contributed by atoms with E-state index in [1.165, 1.54) is 30.5 Å². The average Bonchev–Trinajstić information content (AvgIpc) is 2.71. The number of halogens is 1. The fourth-order valence-electron chi connectivity index (χ4n) is 1.16. The first-order valence-corrected chi connectivity index (χ1v) is 4.06. The molecular weight excluding hydrogens is 185 g/mol. The number of nitrogens with one attached hydrogen (secondary N) is 1. The minimum absolute atomic E-state index is 0.332. The first-order chi connectivity index (χ1) is 6.77. The Morgan fingerprint density at radius 1 is 1.29 bits per heavy atom. The molecular formula is C9H8FN3O. The van der Waals surface area contributed by atoms with E-state index in [-0.39, 0.29) is 5.82 Å². The highest BCUT2D eigenvalue weighted by Gasteiger charge is 2.12. The molecule has 0 aliphatic carbocycles. The minimum atomic E-state index is -0.866. The van der Waals surface area contributed by atoms with Gasteiger partial charge in [0.15, 0.2) is 0 Å². The van der Waals surface area contributed by atoms with Gasteiger partial charge < -0.3 is 5.11 Å². The van der Waals surface area contributed by atoms with Crippen molar-refractivity contribution in [3.8, 4) is 0 Å². The van der Waals surface area contributed by atoms with Crippen molar-refractivity contribution in [1.82, 2.24) is 15.4 Å². The maximum Gasteiger partial charge on any atom is 0.124 e. The van der Waals surface area contributed by atoms with E-state index in [1.54, 1.807) is 0 Å². The molecule has 2 N–H and O–H groups in total. The van der Waals surface area contributed by atoms with Gasteiger partial charge >= 0.3 is 0 Å². The van der Waals surface area contributed by atoms with Crippen LogP contribution in [0.25, 0.3) is 0 Å². The number of hydrogen-bond acceptors (Lipinski definition) is 3. The molecule has 0 spiro atoms. The lowest BCUT2D eigenvalue weighted by atomic mass is 10.1. The molecule has 4 nitrogen and oxygen atoms in total. The molecule has 2 aromatic rings. The summed E-state index contributed by atoms with van der Waals surface area (Å²) in [5.74, 6) is -0.332. The van der Waals surface area contributed by atoms with Gasteiger partial charge in [-0.1, -0.05) is 12.1 Å². The molecule has 0 amide bonds. The molecule has 0 radical (unpaired) electrons. The minimum Gasteiger partial charge on any atom is -0.382 e. The van der Waals surface area contributed by atoms with Gasteiger partial charge in [0.25, 0.3) is 0 Å². The topological polar surface area (TPSA) is 61.8 Å². The molecule has 0 fully saturated rings. The number of aliphatic hydroxyl groups is 1. The highest BCUT2D eigenvalue weighted by atomic mass is 19.1. The number of benzene rings is 1. The third-order valence-electron chi connectivity index (χ3n) is 1.90. The largest absolute Gasteiger partial charge is 0.382 e. The summed E-state index contributed by atoms with van der Waals surface area (Å²) in [7, 11) is 0. The third-order valence-corrected chi connectivity index (χ3v) is 1.90. The molecule has 1 unspecified atom stereocenters. The SMILES string of the molecule is OC(c1ccc(F)cc1)c1cn[nH]n1. The van der Waals surface area contributed by atoms with E-state index in [1.807, 2.05) is 0 Å². The van der Waals surface area contributed by atoms with Gasteiger partial charge in [0.2, 0.25) is 0 Å². The van der Waals surface area contributed by atoms with Crippen molar-refractivity contribution in [3.63, 3.8) is 0 Å². The number of aromatic amines is 1. The van der Waals surface area contributed by atoms with E-state index >= 15 is 0 Å². The zero-order valence-corrected chi connectivity index (χ0v) is 7.18. The molecule has 0 aliphatic rings. The van der Waals surface area contributed by atoms with Crippen LogP contribution in [0.3, 0.4) is 0 Å². The van der Waals surface area contributed by atoms with E-state index in [9.17, 15) is 9.50 Å². The van der Waals surface area contributed by atoms with Crippen LogP contribution in [-0.4, -0.2) is 20.5 Å². The van der Waals surface area contributed by atoms with Crippen molar-refractivity contribution in [1.29, 1.82) is 0 Å². The van der Waals surface area contributed by atoms with E-state index in [0.717, 1.165) is 0 Å². The van der Waals surface area contributed by atoms with Crippen LogP contribution in [0.1, 0.15) is 17.4 Å². The fraction of sp³-hybridized carbons (Fsp3) is 0.111. The zero-order valence-electron chi connectivity index (χ0n) is 7.18. The van der Waals surface area contributed by atoms with Crippen molar-refractivity contribution in [2.24, 2.45) is 0 Å². The molecule has 1 heterocycles. The molecule has 14 heavy (non-hydrogen) atoms. The van der Waals surface area contributed by atoms with Gasteiger partial charge in [-0.2, -0.15) is 15.4 Å². The predicted molar refractivity (Wildman–Crippen MR) is 46.8 cm³/mol. The van der Waals surface area contributed by atoms with Crippen LogP contribution in [0.5, 0.6) is 0 Å². The number of aliphatic hydroxyl groups excluding tert-OH is 1. The Labute approximate surface area is 79.4 Å². The Hall–Kier alpha value is -1.75.